The Hall–Kier alpha value is -1.89. The Labute approximate surface area is 128 Å². The van der Waals surface area contributed by atoms with Gasteiger partial charge in [0.1, 0.15) is 5.75 Å². The zero-order valence-electron chi connectivity index (χ0n) is 10.4. The molecule has 1 aromatic heterocycles. The molecule has 0 saturated carbocycles. The molecule has 0 bridgehead atoms. The van der Waals surface area contributed by atoms with Crippen molar-refractivity contribution in [1.29, 1.82) is 0 Å². The average Bonchev–Trinajstić information content (AvgIpc) is 2.48. The van der Waals surface area contributed by atoms with Crippen LogP contribution in [0.1, 0.15) is 5.56 Å². The van der Waals surface area contributed by atoms with Gasteiger partial charge in [-0.2, -0.15) is 5.10 Å². The van der Waals surface area contributed by atoms with E-state index >= 15 is 0 Å². The van der Waals surface area contributed by atoms with Crippen LogP contribution in [0, 0.1) is 0 Å². The Kier molecular flexibility index (Phi) is 3.43. The molecular formula is C15H11IN2O2. The van der Waals surface area contributed by atoms with E-state index in [2.05, 4.69) is 32.8 Å². The molecule has 20 heavy (non-hydrogen) atoms. The van der Waals surface area contributed by atoms with Crippen molar-refractivity contribution in [1.82, 2.24) is 10.2 Å². The molecule has 0 spiro atoms. The number of aromatic nitrogens is 2. The van der Waals surface area contributed by atoms with Crippen molar-refractivity contribution in [3.8, 4) is 17.0 Å². The second-order valence-corrected chi connectivity index (χ2v) is 5.18. The summed E-state index contributed by atoms with van der Waals surface area (Å²) in [6, 6.07) is 12.6. The number of hydrogen-bond donors (Lipinski definition) is 2. The van der Waals surface area contributed by atoms with Crippen molar-refractivity contribution < 1.29 is 5.11 Å². The minimum atomic E-state index is -0.195. The van der Waals surface area contributed by atoms with Crippen LogP contribution in [0.2, 0.25) is 0 Å². The topological polar surface area (TPSA) is 66.0 Å². The van der Waals surface area contributed by atoms with Crippen LogP contribution in [0.5, 0.6) is 5.75 Å². The molecule has 0 fully saturated rings. The van der Waals surface area contributed by atoms with E-state index in [9.17, 15) is 9.90 Å². The fourth-order valence-electron chi connectivity index (χ4n) is 2.24. The Balaban J connectivity index is 2.36. The number of aromatic hydroxyl groups is 1. The molecule has 3 rings (SSSR count). The van der Waals surface area contributed by atoms with Crippen molar-refractivity contribution in [2.24, 2.45) is 0 Å². The van der Waals surface area contributed by atoms with Crippen LogP contribution in [0.15, 0.2) is 47.3 Å². The molecule has 0 aliphatic heterocycles. The molecule has 0 atom stereocenters. The smallest absolute Gasteiger partial charge is 0.272 e. The number of H-pyrrole nitrogens is 1. The number of phenolic OH excluding ortho intramolecular Hbond substituents is 1. The van der Waals surface area contributed by atoms with Crippen LogP contribution in [-0.4, -0.2) is 15.3 Å². The van der Waals surface area contributed by atoms with Crippen molar-refractivity contribution in [3.63, 3.8) is 0 Å². The van der Waals surface area contributed by atoms with Gasteiger partial charge >= 0.3 is 0 Å². The van der Waals surface area contributed by atoms with Crippen LogP contribution in [0.25, 0.3) is 22.0 Å². The van der Waals surface area contributed by atoms with Crippen LogP contribution >= 0.6 is 22.6 Å². The molecule has 0 unspecified atom stereocenters. The summed E-state index contributed by atoms with van der Waals surface area (Å²) in [5.74, 6) is 0.231. The number of halogens is 1. The van der Waals surface area contributed by atoms with E-state index < -0.39 is 0 Å². The number of nitrogens with zero attached hydrogens (tertiary/aromatic N) is 1. The Bertz CT molecular complexity index is 843. The molecular weight excluding hydrogens is 367 g/mol. The van der Waals surface area contributed by atoms with Crippen molar-refractivity contribution in [2.75, 3.05) is 0 Å². The number of aromatic amines is 1. The zero-order valence-corrected chi connectivity index (χ0v) is 12.6. The van der Waals surface area contributed by atoms with E-state index in [1.807, 2.05) is 24.3 Å². The lowest BCUT2D eigenvalue weighted by atomic mass is 10.0. The fraction of sp³-hybridized carbons (Fsp3) is 0.0667. The van der Waals surface area contributed by atoms with Gasteiger partial charge in [0.15, 0.2) is 0 Å². The maximum atomic E-state index is 11.8. The Morgan fingerprint density at radius 1 is 1.15 bits per heavy atom. The first kappa shape index (κ1) is 13.1. The highest BCUT2D eigenvalue weighted by Crippen LogP contribution is 2.30. The van der Waals surface area contributed by atoms with Gasteiger partial charge in [0.2, 0.25) is 0 Å². The number of phenols is 1. The van der Waals surface area contributed by atoms with Crippen molar-refractivity contribution >= 4 is 33.4 Å². The lowest BCUT2D eigenvalue weighted by Crippen LogP contribution is -2.09. The molecule has 1 heterocycles. The molecule has 0 radical (unpaired) electrons. The first-order valence-electron chi connectivity index (χ1n) is 6.06. The molecule has 2 N–H and O–H groups in total. The molecule has 3 aromatic rings. The highest BCUT2D eigenvalue weighted by Gasteiger charge is 2.12. The molecule has 5 heteroatoms. The number of hydrogen-bond acceptors (Lipinski definition) is 3. The van der Waals surface area contributed by atoms with Gasteiger partial charge in [-0.1, -0.05) is 40.8 Å². The summed E-state index contributed by atoms with van der Waals surface area (Å²) in [4.78, 5) is 11.8. The SMILES string of the molecule is O=c1[nH]nc(-c2ccc(O)cc2CI)c2ccccc12. The predicted molar refractivity (Wildman–Crippen MR) is 87.2 cm³/mol. The van der Waals surface area contributed by atoms with Crippen molar-refractivity contribution in [2.45, 2.75) is 4.43 Å². The molecule has 100 valence electrons. The highest BCUT2D eigenvalue weighted by atomic mass is 127. The van der Waals surface area contributed by atoms with Gasteiger partial charge in [0.25, 0.3) is 5.56 Å². The lowest BCUT2D eigenvalue weighted by molar-refractivity contribution is 0.475. The zero-order chi connectivity index (χ0) is 14.1. The summed E-state index contributed by atoms with van der Waals surface area (Å²) >= 11 is 2.24. The van der Waals surface area contributed by atoms with Gasteiger partial charge in [0, 0.05) is 15.4 Å². The average molecular weight is 378 g/mol. The molecule has 0 aliphatic carbocycles. The summed E-state index contributed by atoms with van der Waals surface area (Å²) < 4.78 is 0.747. The van der Waals surface area contributed by atoms with E-state index in [1.54, 1.807) is 18.2 Å². The highest BCUT2D eigenvalue weighted by molar-refractivity contribution is 14.1. The van der Waals surface area contributed by atoms with E-state index in [-0.39, 0.29) is 11.3 Å². The molecule has 0 saturated heterocycles. The Morgan fingerprint density at radius 2 is 1.90 bits per heavy atom. The standard InChI is InChI=1S/C15H11IN2O2/c16-8-9-7-10(19)5-6-11(9)14-12-3-1-2-4-13(12)15(20)18-17-14/h1-7,19H,8H2,(H,18,20). The molecule has 0 aliphatic rings. The van der Waals surface area contributed by atoms with Gasteiger partial charge in [-0.25, -0.2) is 5.10 Å². The first-order valence-corrected chi connectivity index (χ1v) is 7.59. The maximum Gasteiger partial charge on any atom is 0.272 e. The summed E-state index contributed by atoms with van der Waals surface area (Å²) in [6.07, 6.45) is 0. The van der Waals surface area contributed by atoms with Gasteiger partial charge in [-0.15, -0.1) is 0 Å². The van der Waals surface area contributed by atoms with Crippen molar-refractivity contribution in [3.05, 3.63) is 58.4 Å². The summed E-state index contributed by atoms with van der Waals surface area (Å²) in [6.45, 7) is 0. The van der Waals surface area contributed by atoms with Gasteiger partial charge in [0.05, 0.1) is 11.1 Å². The van der Waals surface area contributed by atoms with Crippen LogP contribution < -0.4 is 5.56 Å². The fourth-order valence-corrected chi connectivity index (χ4v) is 2.87. The van der Waals surface area contributed by atoms with Crippen LogP contribution in [0.3, 0.4) is 0 Å². The maximum absolute atomic E-state index is 11.8. The van der Waals surface area contributed by atoms with E-state index in [4.69, 9.17) is 0 Å². The summed E-state index contributed by atoms with van der Waals surface area (Å²) in [5.41, 5.74) is 2.44. The second-order valence-electron chi connectivity index (χ2n) is 4.42. The van der Waals surface area contributed by atoms with Gasteiger partial charge in [-0.3, -0.25) is 4.79 Å². The van der Waals surface area contributed by atoms with E-state index in [0.717, 1.165) is 26.6 Å². The third kappa shape index (κ3) is 2.18. The van der Waals surface area contributed by atoms with E-state index in [1.165, 1.54) is 0 Å². The summed E-state index contributed by atoms with van der Waals surface area (Å²) in [7, 11) is 0. The number of alkyl halides is 1. The monoisotopic (exact) mass is 378 g/mol. The van der Waals surface area contributed by atoms with Gasteiger partial charge in [-0.05, 0) is 29.8 Å². The molecule has 2 aromatic carbocycles. The summed E-state index contributed by atoms with van der Waals surface area (Å²) in [5, 5.41) is 17.7. The number of nitrogens with one attached hydrogen (secondary N) is 1. The number of fused-ring (bicyclic) bond motifs is 1. The van der Waals surface area contributed by atoms with Crippen LogP contribution in [-0.2, 0) is 4.43 Å². The quantitative estimate of drug-likeness (QED) is 0.532. The number of rotatable bonds is 2. The van der Waals surface area contributed by atoms with Gasteiger partial charge < -0.3 is 5.11 Å². The second kappa shape index (κ2) is 5.24. The Morgan fingerprint density at radius 3 is 2.65 bits per heavy atom. The van der Waals surface area contributed by atoms with Crippen LogP contribution in [0.4, 0.5) is 0 Å². The van der Waals surface area contributed by atoms with E-state index in [0.29, 0.717) is 5.39 Å². The minimum Gasteiger partial charge on any atom is -0.508 e. The lowest BCUT2D eigenvalue weighted by Gasteiger charge is -2.09. The molecule has 4 nitrogen and oxygen atoms in total. The third-order valence-electron chi connectivity index (χ3n) is 3.18. The predicted octanol–water partition coefficient (Wildman–Crippen LogP) is 3.23. The normalized spacial score (nSPS) is 10.8. The first-order chi connectivity index (χ1) is 9.70. The minimum absolute atomic E-state index is 0.195. The molecule has 0 amide bonds. The largest absolute Gasteiger partial charge is 0.508 e. The number of benzene rings is 2. The third-order valence-corrected chi connectivity index (χ3v) is 4.01.